The van der Waals surface area contributed by atoms with E-state index in [2.05, 4.69) is 0 Å². The largest absolute Gasteiger partial charge is 0.497 e. The molecule has 0 amide bonds. The van der Waals surface area contributed by atoms with Crippen LogP contribution in [0.15, 0.2) is 60.7 Å². The van der Waals surface area contributed by atoms with Crippen molar-refractivity contribution < 1.29 is 9.47 Å². The van der Waals surface area contributed by atoms with E-state index in [1.54, 1.807) is 14.2 Å². The Morgan fingerprint density at radius 2 is 0.875 bits per heavy atom. The molecule has 0 aromatic heterocycles. The first-order valence-electron chi connectivity index (χ1n) is 5.05. The molecule has 2 rings (SSSR count). The van der Waals surface area contributed by atoms with Crippen LogP contribution in [0.1, 0.15) is 0 Å². The van der Waals surface area contributed by atoms with Crippen molar-refractivity contribution >= 4 is 0 Å². The van der Waals surface area contributed by atoms with Crippen LogP contribution in [-0.2, 0) is 0 Å². The lowest BCUT2D eigenvalue weighted by Gasteiger charge is -1.93. The van der Waals surface area contributed by atoms with Crippen molar-refractivity contribution in [3.05, 3.63) is 60.7 Å². The van der Waals surface area contributed by atoms with Gasteiger partial charge in [-0.1, -0.05) is 36.4 Å². The van der Waals surface area contributed by atoms with Gasteiger partial charge in [-0.25, -0.2) is 0 Å². The second-order valence-corrected chi connectivity index (χ2v) is 3.03. The Morgan fingerprint density at radius 1 is 0.562 bits per heavy atom. The molecule has 0 spiro atoms. The Hall–Kier alpha value is -1.96. The summed E-state index contributed by atoms with van der Waals surface area (Å²) in [6, 6.07) is 19.4. The molecule has 0 aliphatic rings. The van der Waals surface area contributed by atoms with Gasteiger partial charge in [0.2, 0.25) is 0 Å². The van der Waals surface area contributed by atoms with Crippen molar-refractivity contribution in [2.75, 3.05) is 14.2 Å². The maximum atomic E-state index is 4.91. The van der Waals surface area contributed by atoms with Crippen LogP contribution in [0.4, 0.5) is 0 Å². The maximum absolute atomic E-state index is 4.91. The SMILES string of the molecule is COc1ccccc1.COc1ccccc1. The normalized spacial score (nSPS) is 8.62. The standard InChI is InChI=1S/2C7H8O/c2*1-8-7-5-3-2-4-6-7/h2*2-6H,1H3. The van der Waals surface area contributed by atoms with Crippen molar-refractivity contribution in [2.45, 2.75) is 0 Å². The van der Waals surface area contributed by atoms with Gasteiger partial charge in [0.1, 0.15) is 11.5 Å². The molecule has 0 fully saturated rings. The Labute approximate surface area is 96.5 Å². The third-order valence-electron chi connectivity index (χ3n) is 1.96. The lowest BCUT2D eigenvalue weighted by Crippen LogP contribution is -1.78. The second-order valence-electron chi connectivity index (χ2n) is 3.03. The number of hydrogen-bond acceptors (Lipinski definition) is 2. The molecular formula is C14H16O2. The Bertz CT molecular complexity index is 331. The summed E-state index contributed by atoms with van der Waals surface area (Å²) >= 11 is 0. The van der Waals surface area contributed by atoms with Gasteiger partial charge in [-0.3, -0.25) is 0 Å². The highest BCUT2D eigenvalue weighted by Crippen LogP contribution is 2.06. The molecule has 2 aromatic carbocycles. The van der Waals surface area contributed by atoms with Crippen LogP contribution < -0.4 is 9.47 Å². The smallest absolute Gasteiger partial charge is 0.118 e. The molecule has 0 bridgehead atoms. The third kappa shape index (κ3) is 4.51. The molecule has 0 radical (unpaired) electrons. The molecule has 0 aliphatic heterocycles. The van der Waals surface area contributed by atoms with Gasteiger partial charge in [0, 0.05) is 0 Å². The lowest BCUT2D eigenvalue weighted by atomic mass is 10.3. The highest BCUT2D eigenvalue weighted by molar-refractivity contribution is 5.21. The van der Waals surface area contributed by atoms with Crippen LogP contribution in [-0.4, -0.2) is 14.2 Å². The summed E-state index contributed by atoms with van der Waals surface area (Å²) < 4.78 is 9.83. The first-order valence-corrected chi connectivity index (χ1v) is 5.05. The molecule has 16 heavy (non-hydrogen) atoms. The van der Waals surface area contributed by atoms with Gasteiger partial charge in [0.25, 0.3) is 0 Å². The van der Waals surface area contributed by atoms with Crippen LogP contribution >= 0.6 is 0 Å². The minimum atomic E-state index is 0.910. The Balaban J connectivity index is 0.000000160. The van der Waals surface area contributed by atoms with Gasteiger partial charge in [-0.2, -0.15) is 0 Å². The third-order valence-corrected chi connectivity index (χ3v) is 1.96. The van der Waals surface area contributed by atoms with Crippen LogP contribution in [0.3, 0.4) is 0 Å². The molecule has 2 heteroatoms. The molecule has 0 heterocycles. The summed E-state index contributed by atoms with van der Waals surface area (Å²) in [7, 11) is 3.32. The summed E-state index contributed by atoms with van der Waals surface area (Å²) in [6.07, 6.45) is 0. The van der Waals surface area contributed by atoms with Crippen molar-refractivity contribution in [1.82, 2.24) is 0 Å². The quantitative estimate of drug-likeness (QED) is 0.766. The Morgan fingerprint density at radius 3 is 1.06 bits per heavy atom. The zero-order chi connectivity index (χ0) is 11.6. The number of rotatable bonds is 2. The maximum Gasteiger partial charge on any atom is 0.118 e. The molecule has 0 aliphatic carbocycles. The zero-order valence-electron chi connectivity index (χ0n) is 9.59. The number of ether oxygens (including phenoxy) is 2. The zero-order valence-corrected chi connectivity index (χ0v) is 9.59. The Kier molecular flexibility index (Phi) is 5.56. The van der Waals surface area contributed by atoms with Gasteiger partial charge in [0.15, 0.2) is 0 Å². The number of benzene rings is 2. The van der Waals surface area contributed by atoms with Crippen molar-refractivity contribution in [2.24, 2.45) is 0 Å². The molecule has 0 atom stereocenters. The molecule has 2 nitrogen and oxygen atoms in total. The summed E-state index contributed by atoms with van der Waals surface area (Å²) in [5.74, 6) is 1.82. The van der Waals surface area contributed by atoms with E-state index in [4.69, 9.17) is 9.47 Å². The summed E-state index contributed by atoms with van der Waals surface area (Å²) in [4.78, 5) is 0. The fraction of sp³-hybridized carbons (Fsp3) is 0.143. The predicted octanol–water partition coefficient (Wildman–Crippen LogP) is 3.39. The molecule has 0 saturated carbocycles. The average Bonchev–Trinajstić information content (AvgIpc) is 2.41. The fourth-order valence-corrected chi connectivity index (χ4v) is 1.11. The molecule has 0 saturated heterocycles. The van der Waals surface area contributed by atoms with Gasteiger partial charge < -0.3 is 9.47 Å². The topological polar surface area (TPSA) is 18.5 Å². The van der Waals surface area contributed by atoms with Gasteiger partial charge >= 0.3 is 0 Å². The molecule has 2 aromatic rings. The van der Waals surface area contributed by atoms with Crippen LogP contribution in [0, 0.1) is 0 Å². The van der Waals surface area contributed by atoms with Crippen molar-refractivity contribution in [1.29, 1.82) is 0 Å². The van der Waals surface area contributed by atoms with E-state index in [9.17, 15) is 0 Å². The minimum absolute atomic E-state index is 0.910. The first kappa shape index (κ1) is 12.1. The average molecular weight is 216 g/mol. The fourth-order valence-electron chi connectivity index (χ4n) is 1.11. The minimum Gasteiger partial charge on any atom is -0.497 e. The van der Waals surface area contributed by atoms with Crippen molar-refractivity contribution in [3.8, 4) is 11.5 Å². The van der Waals surface area contributed by atoms with E-state index < -0.39 is 0 Å². The second kappa shape index (κ2) is 7.35. The summed E-state index contributed by atoms with van der Waals surface area (Å²) in [5.41, 5.74) is 0. The van der Waals surface area contributed by atoms with E-state index in [1.807, 2.05) is 60.7 Å². The summed E-state index contributed by atoms with van der Waals surface area (Å²) in [6.45, 7) is 0. The van der Waals surface area contributed by atoms with Gasteiger partial charge in [0.05, 0.1) is 14.2 Å². The highest BCUT2D eigenvalue weighted by Gasteiger charge is 1.80. The number of methoxy groups -OCH3 is 2. The van der Waals surface area contributed by atoms with Crippen molar-refractivity contribution in [3.63, 3.8) is 0 Å². The van der Waals surface area contributed by atoms with E-state index >= 15 is 0 Å². The number of hydrogen-bond donors (Lipinski definition) is 0. The predicted molar refractivity (Wildman–Crippen MR) is 66.0 cm³/mol. The van der Waals surface area contributed by atoms with Gasteiger partial charge in [-0.15, -0.1) is 0 Å². The molecular weight excluding hydrogens is 200 g/mol. The molecule has 0 N–H and O–H groups in total. The van der Waals surface area contributed by atoms with Crippen LogP contribution in [0.2, 0.25) is 0 Å². The van der Waals surface area contributed by atoms with E-state index in [0.717, 1.165) is 11.5 Å². The lowest BCUT2D eigenvalue weighted by molar-refractivity contribution is 0.414. The summed E-state index contributed by atoms with van der Waals surface area (Å²) in [5, 5.41) is 0. The molecule has 0 unspecified atom stereocenters. The molecule has 84 valence electrons. The first-order chi connectivity index (χ1) is 7.86. The van der Waals surface area contributed by atoms with Gasteiger partial charge in [-0.05, 0) is 24.3 Å². The van der Waals surface area contributed by atoms with Crippen LogP contribution in [0.25, 0.3) is 0 Å². The van der Waals surface area contributed by atoms with E-state index in [1.165, 1.54) is 0 Å². The highest BCUT2D eigenvalue weighted by atomic mass is 16.5. The number of para-hydroxylation sites is 2. The van der Waals surface area contributed by atoms with Crippen LogP contribution in [0.5, 0.6) is 11.5 Å². The van der Waals surface area contributed by atoms with E-state index in [-0.39, 0.29) is 0 Å². The van der Waals surface area contributed by atoms with E-state index in [0.29, 0.717) is 0 Å². The monoisotopic (exact) mass is 216 g/mol.